The molecule has 1 aromatic heterocycles. The molecule has 0 unspecified atom stereocenters. The van der Waals surface area contributed by atoms with E-state index in [9.17, 15) is 0 Å². The Morgan fingerprint density at radius 1 is 0.952 bits per heavy atom. The molecular formula is C15H10Br2N2OS. The van der Waals surface area contributed by atoms with Crippen LogP contribution in [0, 0.1) is 0 Å². The second-order valence-corrected chi connectivity index (χ2v) is 7.01. The zero-order valence-electron chi connectivity index (χ0n) is 10.8. The van der Waals surface area contributed by atoms with Gasteiger partial charge >= 0.3 is 0 Å². The van der Waals surface area contributed by atoms with Gasteiger partial charge in [0.05, 0.1) is 5.75 Å². The minimum atomic E-state index is 0.547. The van der Waals surface area contributed by atoms with Gasteiger partial charge in [0.1, 0.15) is 0 Å². The van der Waals surface area contributed by atoms with Gasteiger partial charge < -0.3 is 4.42 Å². The Morgan fingerprint density at radius 3 is 2.48 bits per heavy atom. The smallest absolute Gasteiger partial charge is 0.247 e. The fourth-order valence-electron chi connectivity index (χ4n) is 1.72. The first-order chi connectivity index (χ1) is 10.2. The van der Waals surface area contributed by atoms with E-state index < -0.39 is 0 Å². The number of hydrogen-bond donors (Lipinski definition) is 0. The summed E-state index contributed by atoms with van der Waals surface area (Å²) in [6, 6.07) is 15.9. The van der Waals surface area contributed by atoms with Crippen LogP contribution in [0.3, 0.4) is 0 Å². The summed E-state index contributed by atoms with van der Waals surface area (Å²) in [6.07, 6.45) is 0. The maximum atomic E-state index is 5.70. The second-order valence-electron chi connectivity index (χ2n) is 4.23. The minimum Gasteiger partial charge on any atom is -0.420 e. The van der Waals surface area contributed by atoms with E-state index in [2.05, 4.69) is 48.1 Å². The summed E-state index contributed by atoms with van der Waals surface area (Å²) in [7, 11) is 0. The van der Waals surface area contributed by atoms with E-state index in [1.807, 2.05) is 42.5 Å². The Hall–Kier alpha value is -1.11. The summed E-state index contributed by atoms with van der Waals surface area (Å²) in [5, 5.41) is 8.19. The van der Waals surface area contributed by atoms with Gasteiger partial charge in [-0.15, -0.1) is 22.0 Å². The number of hydrogen-bond acceptors (Lipinski definition) is 4. The van der Waals surface area contributed by atoms with Crippen LogP contribution < -0.4 is 0 Å². The van der Waals surface area contributed by atoms with Gasteiger partial charge in [0, 0.05) is 19.4 Å². The van der Waals surface area contributed by atoms with Gasteiger partial charge in [-0.2, -0.15) is 0 Å². The van der Waals surface area contributed by atoms with Crippen LogP contribution >= 0.6 is 43.6 Å². The average molecular weight is 426 g/mol. The van der Waals surface area contributed by atoms with Gasteiger partial charge in [-0.1, -0.05) is 28.1 Å². The van der Waals surface area contributed by atoms with E-state index in [4.69, 9.17) is 4.42 Å². The number of thioether (sulfide) groups is 1. The predicted molar refractivity (Wildman–Crippen MR) is 91.1 cm³/mol. The summed E-state index contributed by atoms with van der Waals surface area (Å²) in [4.78, 5) is 1.15. The molecule has 6 heteroatoms. The Bertz CT molecular complexity index is 743. The monoisotopic (exact) mass is 424 g/mol. The van der Waals surface area contributed by atoms with Crippen molar-refractivity contribution in [2.45, 2.75) is 10.6 Å². The third-order valence-electron chi connectivity index (χ3n) is 2.75. The molecule has 0 spiro atoms. The Balaban J connectivity index is 1.71. The first-order valence-corrected chi connectivity index (χ1v) is 8.75. The zero-order chi connectivity index (χ0) is 14.7. The Kier molecular flexibility index (Phi) is 4.77. The molecule has 1 heterocycles. The third kappa shape index (κ3) is 3.75. The lowest BCUT2D eigenvalue weighted by atomic mass is 10.2. The highest BCUT2D eigenvalue weighted by molar-refractivity contribution is 9.10. The molecule has 0 bridgehead atoms. The van der Waals surface area contributed by atoms with E-state index >= 15 is 0 Å². The number of benzene rings is 2. The van der Waals surface area contributed by atoms with Crippen LogP contribution in [0.5, 0.6) is 0 Å². The molecule has 0 amide bonds. The average Bonchev–Trinajstić information content (AvgIpc) is 2.96. The second kappa shape index (κ2) is 6.77. The molecule has 0 aliphatic carbocycles. The molecule has 21 heavy (non-hydrogen) atoms. The lowest BCUT2D eigenvalue weighted by Gasteiger charge is -2.00. The summed E-state index contributed by atoms with van der Waals surface area (Å²) in [6.45, 7) is 0. The van der Waals surface area contributed by atoms with Gasteiger partial charge in [-0.3, -0.25) is 0 Å². The molecule has 0 aliphatic heterocycles. The van der Waals surface area contributed by atoms with Crippen molar-refractivity contribution in [2.24, 2.45) is 0 Å². The molecule has 3 aromatic rings. The van der Waals surface area contributed by atoms with Crippen LogP contribution in [0.25, 0.3) is 11.5 Å². The third-order valence-corrected chi connectivity index (χ3v) is 5.29. The quantitative estimate of drug-likeness (QED) is 0.513. The molecule has 0 aliphatic rings. The molecular weight excluding hydrogens is 416 g/mol. The van der Waals surface area contributed by atoms with Crippen LogP contribution in [0.1, 0.15) is 5.89 Å². The predicted octanol–water partition coefficient (Wildman–Crippen LogP) is 5.55. The number of halogens is 2. The van der Waals surface area contributed by atoms with E-state index in [-0.39, 0.29) is 0 Å². The minimum absolute atomic E-state index is 0.547. The van der Waals surface area contributed by atoms with Crippen LogP contribution in [0.2, 0.25) is 0 Å². The van der Waals surface area contributed by atoms with Crippen molar-refractivity contribution >= 4 is 43.6 Å². The largest absolute Gasteiger partial charge is 0.420 e. The normalized spacial score (nSPS) is 10.8. The zero-order valence-corrected chi connectivity index (χ0v) is 14.8. The molecule has 106 valence electrons. The molecule has 0 fully saturated rings. The molecule has 3 rings (SSSR count). The van der Waals surface area contributed by atoms with Crippen LogP contribution in [-0.2, 0) is 5.75 Å². The summed E-state index contributed by atoms with van der Waals surface area (Å²) in [5.74, 6) is 1.81. The summed E-state index contributed by atoms with van der Waals surface area (Å²) in [5.41, 5.74) is 0.919. The van der Waals surface area contributed by atoms with Crippen molar-refractivity contribution in [1.29, 1.82) is 0 Å². The highest BCUT2D eigenvalue weighted by Crippen LogP contribution is 2.30. The molecule has 0 N–H and O–H groups in total. The highest BCUT2D eigenvalue weighted by Gasteiger charge is 2.09. The lowest BCUT2D eigenvalue weighted by Crippen LogP contribution is -1.81. The van der Waals surface area contributed by atoms with E-state index in [0.29, 0.717) is 17.5 Å². The lowest BCUT2D eigenvalue weighted by molar-refractivity contribution is 0.528. The number of rotatable bonds is 4. The molecule has 3 nitrogen and oxygen atoms in total. The molecule has 0 atom stereocenters. The topological polar surface area (TPSA) is 38.9 Å². The molecule has 2 aromatic carbocycles. The van der Waals surface area contributed by atoms with Gasteiger partial charge in [-0.05, 0) is 52.3 Å². The fraction of sp³-hybridized carbons (Fsp3) is 0.0667. The van der Waals surface area contributed by atoms with Crippen molar-refractivity contribution in [2.75, 3.05) is 0 Å². The standard InChI is InChI=1S/C15H10Br2N2OS/c16-11-7-5-10(6-8-11)15-19-18-14(20-15)9-21-13-4-2-1-3-12(13)17/h1-8H,9H2. The molecule has 0 saturated heterocycles. The maximum absolute atomic E-state index is 5.70. The van der Waals surface area contributed by atoms with Crippen LogP contribution in [0.15, 0.2) is 66.8 Å². The summed E-state index contributed by atoms with van der Waals surface area (Å²) < 4.78 is 7.79. The molecule has 0 radical (unpaired) electrons. The highest BCUT2D eigenvalue weighted by atomic mass is 79.9. The van der Waals surface area contributed by atoms with Crippen LogP contribution in [0.4, 0.5) is 0 Å². The maximum Gasteiger partial charge on any atom is 0.247 e. The van der Waals surface area contributed by atoms with Crippen molar-refractivity contribution < 1.29 is 4.42 Å². The Morgan fingerprint density at radius 2 is 1.71 bits per heavy atom. The number of nitrogens with zero attached hydrogens (tertiary/aromatic N) is 2. The van der Waals surface area contributed by atoms with Gasteiger partial charge in [0.25, 0.3) is 0 Å². The first-order valence-electron chi connectivity index (χ1n) is 6.18. The van der Waals surface area contributed by atoms with E-state index in [0.717, 1.165) is 19.4 Å². The first kappa shape index (κ1) is 14.8. The fourth-order valence-corrected chi connectivity index (χ4v) is 3.39. The van der Waals surface area contributed by atoms with Crippen LogP contribution in [-0.4, -0.2) is 10.2 Å². The Labute approximate surface area is 143 Å². The molecule has 0 saturated carbocycles. The van der Waals surface area contributed by atoms with Gasteiger partial charge in [-0.25, -0.2) is 0 Å². The van der Waals surface area contributed by atoms with E-state index in [1.165, 1.54) is 0 Å². The van der Waals surface area contributed by atoms with Crippen molar-refractivity contribution in [3.63, 3.8) is 0 Å². The van der Waals surface area contributed by atoms with Gasteiger partial charge in [0.2, 0.25) is 11.8 Å². The van der Waals surface area contributed by atoms with Gasteiger partial charge in [0.15, 0.2) is 0 Å². The van der Waals surface area contributed by atoms with Crippen molar-refractivity contribution in [1.82, 2.24) is 10.2 Å². The number of aromatic nitrogens is 2. The SMILES string of the molecule is Brc1ccc(-c2nnc(CSc3ccccc3Br)o2)cc1. The van der Waals surface area contributed by atoms with Crippen molar-refractivity contribution in [3.8, 4) is 11.5 Å². The summed E-state index contributed by atoms with van der Waals surface area (Å²) >= 11 is 8.59. The van der Waals surface area contributed by atoms with E-state index in [1.54, 1.807) is 11.8 Å². The van der Waals surface area contributed by atoms with Crippen molar-refractivity contribution in [3.05, 3.63) is 63.4 Å².